The quantitative estimate of drug-likeness (QED) is 0.391. The second-order valence-corrected chi connectivity index (χ2v) is 10.0. The number of hydrogen-bond acceptors (Lipinski definition) is 6. The Morgan fingerprint density at radius 3 is 2.58 bits per heavy atom. The van der Waals surface area contributed by atoms with Crippen molar-refractivity contribution in [2.75, 3.05) is 0 Å². The molecule has 0 aliphatic heterocycles. The molecule has 0 aliphatic rings. The fourth-order valence-electron chi connectivity index (χ4n) is 4.11. The van der Waals surface area contributed by atoms with Crippen molar-refractivity contribution >= 4 is 11.4 Å². The molecule has 0 atom stereocenters. The van der Waals surface area contributed by atoms with Crippen LogP contribution in [0.5, 0.6) is 0 Å². The van der Waals surface area contributed by atoms with Gasteiger partial charge in [0.25, 0.3) is 5.91 Å². The van der Waals surface area contributed by atoms with Gasteiger partial charge < -0.3 is 9.73 Å². The van der Waals surface area contributed by atoms with Crippen molar-refractivity contribution in [2.45, 2.75) is 46.6 Å². The van der Waals surface area contributed by atoms with Gasteiger partial charge in [-0.15, -0.1) is 0 Å². The minimum atomic E-state index is -0.262. The first-order valence-corrected chi connectivity index (χ1v) is 11.8. The van der Waals surface area contributed by atoms with Crippen LogP contribution in [0.1, 0.15) is 54.0 Å². The Balaban J connectivity index is 1.37. The Bertz CT molecular complexity index is 1580. The van der Waals surface area contributed by atoms with Crippen molar-refractivity contribution in [1.29, 1.82) is 0 Å². The van der Waals surface area contributed by atoms with Crippen LogP contribution in [-0.2, 0) is 19.0 Å². The third-order valence-corrected chi connectivity index (χ3v) is 6.39. The summed E-state index contributed by atoms with van der Waals surface area (Å²) in [6, 6.07) is 8.21. The van der Waals surface area contributed by atoms with Crippen LogP contribution in [-0.4, -0.2) is 35.3 Å². The van der Waals surface area contributed by atoms with E-state index in [-0.39, 0.29) is 17.0 Å². The van der Waals surface area contributed by atoms with Gasteiger partial charge in [0.15, 0.2) is 11.6 Å². The van der Waals surface area contributed by atoms with E-state index in [0.717, 1.165) is 44.7 Å². The molecule has 0 spiro atoms. The highest BCUT2D eigenvalue weighted by atomic mass is 16.3. The van der Waals surface area contributed by atoms with E-state index in [1.54, 1.807) is 6.33 Å². The summed E-state index contributed by atoms with van der Waals surface area (Å²) in [5, 5.41) is 11.7. The van der Waals surface area contributed by atoms with Crippen LogP contribution in [0, 0.1) is 13.8 Å². The first-order chi connectivity index (χ1) is 17.1. The van der Waals surface area contributed by atoms with Crippen LogP contribution in [0.3, 0.4) is 0 Å². The largest absolute Gasteiger partial charge is 0.448 e. The van der Waals surface area contributed by atoms with Gasteiger partial charge in [-0.05, 0) is 37.1 Å². The molecular weight excluding hydrogens is 454 g/mol. The summed E-state index contributed by atoms with van der Waals surface area (Å²) in [5.41, 5.74) is 8.02. The molecule has 0 aliphatic carbocycles. The van der Waals surface area contributed by atoms with Gasteiger partial charge in [0.1, 0.15) is 12.6 Å². The average Bonchev–Trinajstić information content (AvgIpc) is 3.56. The van der Waals surface area contributed by atoms with E-state index >= 15 is 0 Å². The van der Waals surface area contributed by atoms with Crippen molar-refractivity contribution in [1.82, 2.24) is 34.7 Å². The zero-order valence-corrected chi connectivity index (χ0v) is 21.3. The zero-order chi connectivity index (χ0) is 25.6. The summed E-state index contributed by atoms with van der Waals surface area (Å²) in [7, 11) is 1.93. The molecule has 0 saturated heterocycles. The number of aryl methyl sites for hydroxylation is 2. The highest BCUT2D eigenvalue weighted by molar-refractivity contribution is 5.92. The first-order valence-electron chi connectivity index (χ1n) is 11.8. The molecule has 5 aromatic rings. The maximum absolute atomic E-state index is 12.6. The number of carbonyl (C=O) groups is 1. The Morgan fingerprint density at radius 1 is 1.11 bits per heavy atom. The van der Waals surface area contributed by atoms with Gasteiger partial charge in [-0.1, -0.05) is 32.9 Å². The molecule has 1 N–H and O–H groups in total. The Kier molecular flexibility index (Phi) is 5.70. The molecule has 0 unspecified atom stereocenters. The number of oxazole rings is 1. The van der Waals surface area contributed by atoms with Gasteiger partial charge in [0, 0.05) is 47.6 Å². The molecule has 4 aromatic heterocycles. The number of amides is 1. The molecule has 184 valence electrons. The maximum atomic E-state index is 12.6. The first kappa shape index (κ1) is 23.5. The van der Waals surface area contributed by atoms with Gasteiger partial charge >= 0.3 is 0 Å². The normalized spacial score (nSPS) is 11.8. The predicted molar refractivity (Wildman–Crippen MR) is 136 cm³/mol. The number of aromatic nitrogens is 6. The summed E-state index contributed by atoms with van der Waals surface area (Å²) in [6.07, 6.45) is 6.84. The topological polar surface area (TPSA) is 103 Å². The van der Waals surface area contributed by atoms with Crippen LogP contribution in [0.2, 0.25) is 0 Å². The molecule has 9 heteroatoms. The van der Waals surface area contributed by atoms with Gasteiger partial charge in [0.05, 0.1) is 17.4 Å². The lowest BCUT2D eigenvalue weighted by molar-refractivity contribution is 0.0946. The van der Waals surface area contributed by atoms with Crippen LogP contribution >= 0.6 is 0 Å². The Labute approximate surface area is 209 Å². The fraction of sp³-hybridized carbons (Fsp3) is 0.296. The van der Waals surface area contributed by atoms with Crippen LogP contribution in [0.4, 0.5) is 0 Å². The number of hydrogen-bond donors (Lipinski definition) is 1. The van der Waals surface area contributed by atoms with Crippen LogP contribution in [0.25, 0.3) is 27.9 Å². The maximum Gasteiger partial charge on any atom is 0.273 e. The SMILES string of the molecule is Cc1cc(-c2ncnn3cc(-c4cnn(C)c4C)cc23)ccc1CNC(=O)c1coc(C(C)(C)C)n1. The number of nitrogens with one attached hydrogen (secondary N) is 1. The van der Waals surface area contributed by atoms with Crippen molar-refractivity contribution < 1.29 is 9.21 Å². The minimum Gasteiger partial charge on any atom is -0.448 e. The average molecular weight is 484 g/mol. The molecule has 9 nitrogen and oxygen atoms in total. The highest BCUT2D eigenvalue weighted by Gasteiger charge is 2.22. The summed E-state index contributed by atoms with van der Waals surface area (Å²) < 4.78 is 9.18. The summed E-state index contributed by atoms with van der Waals surface area (Å²) in [5.74, 6) is 0.276. The molecule has 36 heavy (non-hydrogen) atoms. The van der Waals surface area contributed by atoms with E-state index in [1.807, 2.05) is 75.4 Å². The summed E-state index contributed by atoms with van der Waals surface area (Å²) in [4.78, 5) is 21.5. The smallest absolute Gasteiger partial charge is 0.273 e. The van der Waals surface area contributed by atoms with Crippen molar-refractivity contribution in [3.05, 3.63) is 77.7 Å². The van der Waals surface area contributed by atoms with Crippen LogP contribution in [0.15, 0.2) is 53.7 Å². The van der Waals surface area contributed by atoms with Crippen molar-refractivity contribution in [2.24, 2.45) is 7.05 Å². The van der Waals surface area contributed by atoms with Crippen molar-refractivity contribution in [3.63, 3.8) is 0 Å². The standard InChI is InChI=1S/C27H29N7O2/c1-16-9-18(7-8-19(16)11-28-25(35)22-14-36-26(32-22)27(3,4)5)24-23-10-20(13-34(23)31-15-29-24)21-12-30-33(6)17(21)2/h7-10,12-15H,11H2,1-6H3,(H,28,35). The van der Waals surface area contributed by atoms with Crippen LogP contribution < -0.4 is 5.32 Å². The van der Waals surface area contributed by atoms with E-state index in [1.165, 1.54) is 6.26 Å². The minimum absolute atomic E-state index is 0.255. The Hall–Kier alpha value is -4.27. The van der Waals surface area contributed by atoms with E-state index in [2.05, 4.69) is 37.6 Å². The summed E-state index contributed by atoms with van der Waals surface area (Å²) >= 11 is 0. The highest BCUT2D eigenvalue weighted by Crippen LogP contribution is 2.30. The number of carbonyl (C=O) groups excluding carboxylic acids is 1. The van der Waals surface area contributed by atoms with E-state index < -0.39 is 0 Å². The van der Waals surface area contributed by atoms with E-state index in [0.29, 0.717) is 12.4 Å². The molecule has 1 aromatic carbocycles. The zero-order valence-electron chi connectivity index (χ0n) is 21.3. The molecule has 0 saturated carbocycles. The third kappa shape index (κ3) is 4.28. The molecule has 0 fully saturated rings. The number of nitrogens with zero attached hydrogens (tertiary/aromatic N) is 6. The molecule has 0 bridgehead atoms. The second-order valence-electron chi connectivity index (χ2n) is 10.0. The van der Waals surface area contributed by atoms with E-state index in [9.17, 15) is 4.79 Å². The number of benzene rings is 1. The van der Waals surface area contributed by atoms with Gasteiger partial charge in [-0.25, -0.2) is 14.5 Å². The lowest BCUT2D eigenvalue weighted by Gasteiger charge is -2.12. The second kappa shape index (κ2) is 8.75. The predicted octanol–water partition coefficient (Wildman–Crippen LogP) is 4.63. The monoisotopic (exact) mass is 483 g/mol. The lowest BCUT2D eigenvalue weighted by Crippen LogP contribution is -2.24. The number of fused-ring (bicyclic) bond motifs is 1. The third-order valence-electron chi connectivity index (χ3n) is 6.39. The van der Waals surface area contributed by atoms with Crippen molar-refractivity contribution in [3.8, 4) is 22.4 Å². The molecular formula is C27H29N7O2. The molecule has 5 rings (SSSR count). The Morgan fingerprint density at radius 2 is 1.92 bits per heavy atom. The molecule has 4 heterocycles. The lowest BCUT2D eigenvalue weighted by atomic mass is 9.97. The van der Waals surface area contributed by atoms with Gasteiger partial charge in [0.2, 0.25) is 0 Å². The van der Waals surface area contributed by atoms with Gasteiger partial charge in [-0.3, -0.25) is 9.48 Å². The molecule has 1 amide bonds. The van der Waals surface area contributed by atoms with Gasteiger partial charge in [-0.2, -0.15) is 10.2 Å². The van der Waals surface area contributed by atoms with E-state index in [4.69, 9.17) is 4.42 Å². The summed E-state index contributed by atoms with van der Waals surface area (Å²) in [6.45, 7) is 10.4. The molecule has 0 radical (unpaired) electrons. The fourth-order valence-corrected chi connectivity index (χ4v) is 4.11. The number of rotatable bonds is 5.